The van der Waals surface area contributed by atoms with Crippen LogP contribution in [0.3, 0.4) is 0 Å². The lowest BCUT2D eigenvalue weighted by molar-refractivity contribution is -0.160. The molecule has 1 saturated heterocycles. The summed E-state index contributed by atoms with van der Waals surface area (Å²) in [4.78, 5) is 9.00. The molecule has 4 atom stereocenters. The van der Waals surface area contributed by atoms with Crippen molar-refractivity contribution in [2.75, 3.05) is 0 Å². The molecule has 4 unspecified atom stereocenters. The molecule has 0 radical (unpaired) electrons. The molecule has 0 amide bonds. The second-order valence-corrected chi connectivity index (χ2v) is 6.09. The molecule has 0 aromatic carbocycles. The van der Waals surface area contributed by atoms with Gasteiger partial charge >= 0.3 is 0 Å². The lowest BCUT2D eigenvalue weighted by Crippen LogP contribution is -2.51. The molecule has 4 nitrogen and oxygen atoms in total. The third kappa shape index (κ3) is 3.18. The first-order valence-corrected chi connectivity index (χ1v) is 6.87. The normalized spacial score (nSPS) is 40.9. The van der Waals surface area contributed by atoms with Crippen LogP contribution in [-0.4, -0.2) is 33.5 Å². The van der Waals surface area contributed by atoms with E-state index in [4.69, 9.17) is 14.6 Å². The summed E-state index contributed by atoms with van der Waals surface area (Å²) >= 11 is 0. The highest BCUT2D eigenvalue weighted by atomic mass is 16.5. The molecule has 2 fully saturated rings. The van der Waals surface area contributed by atoms with Gasteiger partial charge in [0.25, 0.3) is 5.97 Å². The van der Waals surface area contributed by atoms with Gasteiger partial charge in [-0.05, 0) is 46.5 Å². The first-order chi connectivity index (χ1) is 8.62. The number of rotatable bonds is 1. The standard InChI is InChI=1S/C13H22O2.C2H4O2/c1-9(2)11-6-7-12(4,14)13(11)8-5-10(3)15-13;1-2(3)4/h10-11,14H,1,5-8H2,2-4H3;1H3,(H,3,4). The van der Waals surface area contributed by atoms with Gasteiger partial charge in [-0.1, -0.05) is 12.2 Å². The summed E-state index contributed by atoms with van der Waals surface area (Å²) < 4.78 is 6.09. The molecule has 4 heteroatoms. The van der Waals surface area contributed by atoms with Gasteiger partial charge in [0.1, 0.15) is 5.60 Å². The van der Waals surface area contributed by atoms with Crippen LogP contribution in [0.5, 0.6) is 0 Å². The van der Waals surface area contributed by atoms with Crippen LogP contribution in [0.15, 0.2) is 12.2 Å². The zero-order valence-corrected chi connectivity index (χ0v) is 12.4. The van der Waals surface area contributed by atoms with Crippen molar-refractivity contribution in [2.24, 2.45) is 5.92 Å². The predicted octanol–water partition coefficient (Wildman–Crippen LogP) is 2.75. The Bertz CT molecular complexity index is 357. The Balaban J connectivity index is 0.000000399. The van der Waals surface area contributed by atoms with E-state index in [0.717, 1.165) is 38.2 Å². The zero-order chi connectivity index (χ0) is 14.8. The smallest absolute Gasteiger partial charge is 0.300 e. The van der Waals surface area contributed by atoms with Crippen LogP contribution in [-0.2, 0) is 9.53 Å². The Kier molecular flexibility index (Phi) is 4.80. The second-order valence-electron chi connectivity index (χ2n) is 6.09. The van der Waals surface area contributed by atoms with Gasteiger partial charge in [0.05, 0.1) is 11.7 Å². The quantitative estimate of drug-likeness (QED) is 0.719. The van der Waals surface area contributed by atoms with Crippen molar-refractivity contribution in [1.82, 2.24) is 0 Å². The highest BCUT2D eigenvalue weighted by molar-refractivity contribution is 5.62. The molecule has 19 heavy (non-hydrogen) atoms. The van der Waals surface area contributed by atoms with Gasteiger partial charge in [-0.3, -0.25) is 4.79 Å². The monoisotopic (exact) mass is 270 g/mol. The van der Waals surface area contributed by atoms with Crippen molar-refractivity contribution < 1.29 is 19.7 Å². The van der Waals surface area contributed by atoms with E-state index in [-0.39, 0.29) is 11.7 Å². The molecular formula is C15H26O4. The van der Waals surface area contributed by atoms with Crippen LogP contribution in [0.1, 0.15) is 53.4 Å². The van der Waals surface area contributed by atoms with Crippen LogP contribution < -0.4 is 0 Å². The molecule has 2 aliphatic rings. The number of ether oxygens (including phenoxy) is 1. The molecule has 0 aromatic heterocycles. The topological polar surface area (TPSA) is 66.8 Å². The summed E-state index contributed by atoms with van der Waals surface area (Å²) in [6, 6.07) is 0. The van der Waals surface area contributed by atoms with Crippen LogP contribution in [0, 0.1) is 5.92 Å². The Labute approximate surface area is 115 Å². The SMILES string of the molecule is C=C(C)C1CCC(C)(O)C12CCC(C)O2.CC(=O)O. The summed E-state index contributed by atoms with van der Waals surface area (Å²) in [5.41, 5.74) is 0.126. The maximum absolute atomic E-state index is 10.5. The fourth-order valence-electron chi connectivity index (χ4n) is 3.44. The summed E-state index contributed by atoms with van der Waals surface area (Å²) in [5.74, 6) is -0.502. The number of aliphatic carboxylic acids is 1. The number of hydrogen-bond donors (Lipinski definition) is 2. The summed E-state index contributed by atoms with van der Waals surface area (Å²) in [5, 5.41) is 17.9. The minimum absolute atomic E-state index is 0.274. The number of carbonyl (C=O) groups is 1. The van der Waals surface area contributed by atoms with E-state index in [9.17, 15) is 5.11 Å². The molecule has 1 spiro atoms. The Hall–Kier alpha value is -0.870. The van der Waals surface area contributed by atoms with Crippen LogP contribution >= 0.6 is 0 Å². The van der Waals surface area contributed by atoms with E-state index in [1.165, 1.54) is 0 Å². The molecule has 0 aromatic rings. The fourth-order valence-corrected chi connectivity index (χ4v) is 3.44. The molecule has 2 rings (SSSR count). The van der Waals surface area contributed by atoms with E-state index < -0.39 is 11.6 Å². The van der Waals surface area contributed by atoms with Gasteiger partial charge in [-0.15, -0.1) is 0 Å². The lowest BCUT2D eigenvalue weighted by Gasteiger charge is -2.40. The van der Waals surface area contributed by atoms with Crippen molar-refractivity contribution >= 4 is 5.97 Å². The van der Waals surface area contributed by atoms with Gasteiger partial charge in [0, 0.05) is 12.8 Å². The maximum atomic E-state index is 10.5. The molecule has 1 heterocycles. The third-order valence-corrected chi connectivity index (χ3v) is 4.32. The summed E-state index contributed by atoms with van der Waals surface area (Å²) in [6.07, 6.45) is 4.14. The molecule has 1 aliphatic carbocycles. The van der Waals surface area contributed by atoms with E-state index in [2.05, 4.69) is 20.4 Å². The second kappa shape index (κ2) is 5.63. The molecule has 1 aliphatic heterocycles. The molecule has 1 saturated carbocycles. The fraction of sp³-hybridized carbons (Fsp3) is 0.800. The molecular weight excluding hydrogens is 244 g/mol. The van der Waals surface area contributed by atoms with E-state index >= 15 is 0 Å². The highest BCUT2D eigenvalue weighted by Gasteiger charge is 2.60. The summed E-state index contributed by atoms with van der Waals surface area (Å²) in [7, 11) is 0. The van der Waals surface area contributed by atoms with E-state index in [0.29, 0.717) is 5.92 Å². The predicted molar refractivity (Wildman–Crippen MR) is 74.0 cm³/mol. The number of carboxylic acids is 1. The van der Waals surface area contributed by atoms with Crippen molar-refractivity contribution in [3.05, 3.63) is 12.2 Å². The first kappa shape index (κ1) is 16.2. The van der Waals surface area contributed by atoms with Gasteiger partial charge < -0.3 is 14.9 Å². The van der Waals surface area contributed by atoms with Crippen LogP contribution in [0.25, 0.3) is 0 Å². The van der Waals surface area contributed by atoms with E-state index in [1.807, 2.05) is 6.92 Å². The average Bonchev–Trinajstić information content (AvgIpc) is 2.70. The Morgan fingerprint density at radius 1 is 1.32 bits per heavy atom. The van der Waals surface area contributed by atoms with Crippen LogP contribution in [0.2, 0.25) is 0 Å². The largest absolute Gasteiger partial charge is 0.481 e. The third-order valence-electron chi connectivity index (χ3n) is 4.32. The van der Waals surface area contributed by atoms with Gasteiger partial charge in [0.15, 0.2) is 0 Å². The lowest BCUT2D eigenvalue weighted by atomic mass is 9.77. The van der Waals surface area contributed by atoms with E-state index in [1.54, 1.807) is 0 Å². The molecule has 0 bridgehead atoms. The van der Waals surface area contributed by atoms with Crippen molar-refractivity contribution in [1.29, 1.82) is 0 Å². The van der Waals surface area contributed by atoms with Crippen molar-refractivity contribution in [3.63, 3.8) is 0 Å². The van der Waals surface area contributed by atoms with Crippen molar-refractivity contribution in [2.45, 2.75) is 70.7 Å². The van der Waals surface area contributed by atoms with Crippen molar-refractivity contribution in [3.8, 4) is 0 Å². The minimum Gasteiger partial charge on any atom is -0.481 e. The number of carboxylic acid groups (broad SMARTS) is 1. The maximum Gasteiger partial charge on any atom is 0.300 e. The molecule has 2 N–H and O–H groups in total. The highest BCUT2D eigenvalue weighted by Crippen LogP contribution is 2.54. The van der Waals surface area contributed by atoms with Gasteiger partial charge in [-0.25, -0.2) is 0 Å². The van der Waals surface area contributed by atoms with Crippen LogP contribution in [0.4, 0.5) is 0 Å². The Morgan fingerprint density at radius 3 is 2.21 bits per heavy atom. The Morgan fingerprint density at radius 2 is 1.84 bits per heavy atom. The van der Waals surface area contributed by atoms with Gasteiger partial charge in [0.2, 0.25) is 0 Å². The average molecular weight is 270 g/mol. The minimum atomic E-state index is -0.833. The molecule has 110 valence electrons. The zero-order valence-electron chi connectivity index (χ0n) is 12.4. The summed E-state index contributed by atoms with van der Waals surface area (Å²) in [6.45, 7) is 11.2. The number of aliphatic hydroxyl groups is 1. The number of hydrogen-bond acceptors (Lipinski definition) is 3. The van der Waals surface area contributed by atoms with Gasteiger partial charge in [-0.2, -0.15) is 0 Å². The first-order valence-electron chi connectivity index (χ1n) is 6.87.